The van der Waals surface area contributed by atoms with E-state index in [9.17, 15) is 10.5 Å². The molecule has 0 saturated heterocycles. The van der Waals surface area contributed by atoms with Crippen molar-refractivity contribution in [2.75, 3.05) is 4.90 Å². The number of amides is 1. The third-order valence-corrected chi connectivity index (χ3v) is 11.2. The lowest BCUT2D eigenvalue weighted by molar-refractivity contribution is -0.331. The standard InChI is InChI=1S/C48H45NO6/c1-33-14-22-38(23-15-33)47(54-52,39-24-16-34(2)17-25-39)31-46(32-48(55-53,40-26-18-35(3)19-27-40)41-28-20-36(4)21-29-41)44(50)42-12-8-9-13-43(42)49(45(46)51)30-37-10-6-5-7-11-37/h5-29,52-53H,30-32H2,1-4H3. The molecule has 0 atom stereocenters. The van der Waals surface area contributed by atoms with Gasteiger partial charge in [0, 0.05) is 18.4 Å². The molecule has 1 aliphatic heterocycles. The van der Waals surface area contributed by atoms with Crippen LogP contribution < -0.4 is 4.90 Å². The number of rotatable bonds is 12. The summed E-state index contributed by atoms with van der Waals surface area (Å²) < 4.78 is 0. The van der Waals surface area contributed by atoms with E-state index in [2.05, 4.69) is 0 Å². The number of aryl methyl sites for hydroxylation is 4. The van der Waals surface area contributed by atoms with Gasteiger partial charge in [-0.1, -0.05) is 162 Å². The van der Waals surface area contributed by atoms with Gasteiger partial charge in [0.15, 0.2) is 17.0 Å². The average molecular weight is 732 g/mol. The van der Waals surface area contributed by atoms with Gasteiger partial charge in [0.05, 0.1) is 12.2 Å². The zero-order chi connectivity index (χ0) is 38.8. The van der Waals surface area contributed by atoms with Crippen molar-refractivity contribution in [3.05, 3.63) is 207 Å². The van der Waals surface area contributed by atoms with Crippen molar-refractivity contribution in [2.45, 2.75) is 58.3 Å². The molecule has 0 spiro atoms. The number of anilines is 1. The predicted molar refractivity (Wildman–Crippen MR) is 214 cm³/mol. The second-order valence-electron chi connectivity index (χ2n) is 15.0. The summed E-state index contributed by atoms with van der Waals surface area (Å²) in [4.78, 5) is 44.8. The Morgan fingerprint density at radius 3 is 1.25 bits per heavy atom. The summed E-state index contributed by atoms with van der Waals surface area (Å²) in [5.74, 6) is -0.986. The highest BCUT2D eigenvalue weighted by atomic mass is 17.1. The van der Waals surface area contributed by atoms with Gasteiger partial charge < -0.3 is 4.90 Å². The lowest BCUT2D eigenvalue weighted by Crippen LogP contribution is -2.58. The maximum atomic E-state index is 16.0. The monoisotopic (exact) mass is 731 g/mol. The van der Waals surface area contributed by atoms with E-state index >= 15 is 9.59 Å². The Labute approximate surface area is 322 Å². The number of hydrogen-bond acceptors (Lipinski definition) is 6. The van der Waals surface area contributed by atoms with Gasteiger partial charge in [-0.15, -0.1) is 0 Å². The molecule has 278 valence electrons. The molecule has 0 fully saturated rings. The van der Waals surface area contributed by atoms with Crippen molar-refractivity contribution >= 4 is 17.4 Å². The quantitative estimate of drug-likeness (QED) is 0.0739. The van der Waals surface area contributed by atoms with E-state index in [1.54, 1.807) is 23.1 Å². The van der Waals surface area contributed by atoms with E-state index < -0.39 is 28.3 Å². The first-order valence-corrected chi connectivity index (χ1v) is 18.5. The van der Waals surface area contributed by atoms with Crippen LogP contribution in [0.15, 0.2) is 152 Å². The molecule has 0 aliphatic carbocycles. The van der Waals surface area contributed by atoms with Gasteiger partial charge >= 0.3 is 0 Å². The van der Waals surface area contributed by atoms with E-state index in [-0.39, 0.29) is 19.4 Å². The number of ketones is 1. The van der Waals surface area contributed by atoms with E-state index in [0.29, 0.717) is 33.5 Å². The summed E-state index contributed by atoms with van der Waals surface area (Å²) in [6, 6.07) is 46.8. The summed E-state index contributed by atoms with van der Waals surface area (Å²) in [6.07, 6.45) is -0.689. The smallest absolute Gasteiger partial charge is 0.241 e. The Hall–Kier alpha value is -5.70. The maximum absolute atomic E-state index is 16.0. The van der Waals surface area contributed by atoms with E-state index in [1.807, 2.05) is 161 Å². The van der Waals surface area contributed by atoms with Crippen LogP contribution in [0.4, 0.5) is 5.69 Å². The van der Waals surface area contributed by atoms with Crippen LogP contribution in [-0.4, -0.2) is 22.2 Å². The number of nitrogens with zero attached hydrogens (tertiary/aromatic N) is 1. The van der Waals surface area contributed by atoms with Gasteiger partial charge in [0.25, 0.3) is 0 Å². The van der Waals surface area contributed by atoms with Gasteiger partial charge in [-0.05, 0) is 67.6 Å². The third-order valence-electron chi connectivity index (χ3n) is 11.2. The molecule has 7 rings (SSSR count). The van der Waals surface area contributed by atoms with Gasteiger partial charge in [-0.25, -0.2) is 9.78 Å². The van der Waals surface area contributed by atoms with Gasteiger partial charge in [-0.2, -0.15) is 0 Å². The van der Waals surface area contributed by atoms with Crippen LogP contribution in [0.5, 0.6) is 0 Å². The average Bonchev–Trinajstić information content (AvgIpc) is 3.21. The number of benzene rings is 6. The number of Topliss-reactive ketones (excluding diaryl/α,β-unsaturated/α-hetero) is 1. The molecule has 55 heavy (non-hydrogen) atoms. The largest absolute Gasteiger partial charge is 0.306 e. The van der Waals surface area contributed by atoms with Crippen LogP contribution >= 0.6 is 0 Å². The molecule has 0 aromatic heterocycles. The molecule has 0 bridgehead atoms. The van der Waals surface area contributed by atoms with E-state index in [0.717, 1.165) is 27.8 Å². The number of fused-ring (bicyclic) bond motifs is 1. The van der Waals surface area contributed by atoms with Crippen LogP contribution in [0, 0.1) is 33.1 Å². The molecule has 6 aromatic rings. The molecule has 0 unspecified atom stereocenters. The summed E-state index contributed by atoms with van der Waals surface area (Å²) >= 11 is 0. The zero-order valence-electron chi connectivity index (χ0n) is 31.5. The molecule has 7 heteroatoms. The molecule has 6 aromatic carbocycles. The number of carbonyl (C=O) groups is 2. The summed E-state index contributed by atoms with van der Waals surface area (Å²) in [6.45, 7) is 8.00. The predicted octanol–water partition coefficient (Wildman–Crippen LogP) is 10.3. The zero-order valence-corrected chi connectivity index (χ0v) is 31.5. The second-order valence-corrected chi connectivity index (χ2v) is 15.0. The minimum absolute atomic E-state index is 0.163. The van der Waals surface area contributed by atoms with Crippen molar-refractivity contribution < 1.29 is 29.9 Å². The normalized spacial score (nSPS) is 14.2. The Morgan fingerprint density at radius 2 is 0.873 bits per heavy atom. The molecule has 1 heterocycles. The second kappa shape index (κ2) is 15.2. The van der Waals surface area contributed by atoms with E-state index in [4.69, 9.17) is 9.78 Å². The SMILES string of the molecule is Cc1ccc(C(CC2(CC(OO)(c3ccc(C)cc3)c3ccc(C)cc3)C(=O)c3ccccc3N(Cc3ccccc3)C2=O)(OO)c2ccc(C)cc2)cc1. The lowest BCUT2D eigenvalue weighted by atomic mass is 9.60. The first kappa shape index (κ1) is 37.6. The highest BCUT2D eigenvalue weighted by molar-refractivity contribution is 6.25. The summed E-state index contributed by atoms with van der Waals surface area (Å²) in [5.41, 5.74) is 2.26. The number of carbonyl (C=O) groups excluding carboxylic acids is 2. The highest BCUT2D eigenvalue weighted by Gasteiger charge is 2.62. The first-order chi connectivity index (χ1) is 26.5. The van der Waals surface area contributed by atoms with Crippen molar-refractivity contribution in [1.82, 2.24) is 0 Å². The van der Waals surface area contributed by atoms with Crippen LogP contribution in [-0.2, 0) is 32.3 Å². The third kappa shape index (κ3) is 6.81. The highest BCUT2D eigenvalue weighted by Crippen LogP contribution is 2.55. The van der Waals surface area contributed by atoms with Crippen LogP contribution in [0.2, 0.25) is 0 Å². The Bertz CT molecular complexity index is 2090. The summed E-state index contributed by atoms with van der Waals surface area (Å²) in [7, 11) is 0. The molecule has 0 saturated carbocycles. The molecule has 2 N–H and O–H groups in total. The number of para-hydroxylation sites is 1. The fraction of sp³-hybridized carbons (Fsp3) is 0.208. The van der Waals surface area contributed by atoms with Gasteiger partial charge in [-0.3, -0.25) is 20.1 Å². The Morgan fingerprint density at radius 1 is 0.509 bits per heavy atom. The van der Waals surface area contributed by atoms with E-state index in [1.165, 1.54) is 0 Å². The Balaban J connectivity index is 1.56. The summed E-state index contributed by atoms with van der Waals surface area (Å²) in [5, 5.41) is 22.7. The van der Waals surface area contributed by atoms with Gasteiger partial charge in [0.2, 0.25) is 5.91 Å². The Kier molecular flexibility index (Phi) is 10.4. The maximum Gasteiger partial charge on any atom is 0.241 e. The number of hydrogen-bond donors (Lipinski definition) is 2. The van der Waals surface area contributed by atoms with Crippen molar-refractivity contribution in [3.8, 4) is 0 Å². The minimum atomic E-state index is -2.01. The molecule has 0 radical (unpaired) electrons. The molecular formula is C48H45NO6. The minimum Gasteiger partial charge on any atom is -0.306 e. The van der Waals surface area contributed by atoms with Crippen LogP contribution in [0.3, 0.4) is 0 Å². The molecular weight excluding hydrogens is 687 g/mol. The topological polar surface area (TPSA) is 96.3 Å². The first-order valence-electron chi connectivity index (χ1n) is 18.5. The molecule has 1 aliphatic rings. The van der Waals surface area contributed by atoms with Crippen molar-refractivity contribution in [2.24, 2.45) is 5.41 Å². The van der Waals surface area contributed by atoms with Crippen molar-refractivity contribution in [1.29, 1.82) is 0 Å². The fourth-order valence-electron chi connectivity index (χ4n) is 8.08. The fourth-order valence-corrected chi connectivity index (χ4v) is 8.08. The lowest BCUT2D eigenvalue weighted by Gasteiger charge is -2.48. The van der Waals surface area contributed by atoms with Crippen LogP contribution in [0.25, 0.3) is 0 Å². The van der Waals surface area contributed by atoms with Crippen LogP contribution in [0.1, 0.15) is 73.3 Å². The molecule has 7 nitrogen and oxygen atoms in total. The van der Waals surface area contributed by atoms with Crippen molar-refractivity contribution in [3.63, 3.8) is 0 Å². The van der Waals surface area contributed by atoms with Gasteiger partial charge in [0.1, 0.15) is 5.41 Å². The molecule has 1 amide bonds.